The smallest absolute Gasteiger partial charge is 0.306 e. The van der Waals surface area contributed by atoms with E-state index in [1.54, 1.807) is 12.1 Å². The first-order valence-corrected chi connectivity index (χ1v) is 7.73. The van der Waals surface area contributed by atoms with Crippen LogP contribution in [0, 0.1) is 6.92 Å². The number of carbonyl (C=O) groups is 2. The minimum atomic E-state index is -0.387. The van der Waals surface area contributed by atoms with Crippen LogP contribution in [0.2, 0.25) is 5.02 Å². The van der Waals surface area contributed by atoms with Crippen molar-refractivity contribution in [3.05, 3.63) is 28.8 Å². The van der Waals surface area contributed by atoms with E-state index in [9.17, 15) is 9.59 Å². The molecule has 1 aromatic carbocycles. The highest BCUT2D eigenvalue weighted by atomic mass is 35.5. The van der Waals surface area contributed by atoms with Crippen molar-refractivity contribution in [2.24, 2.45) is 0 Å². The number of thiocarbonyl (C=S) groups is 1. The summed E-state index contributed by atoms with van der Waals surface area (Å²) in [6, 6.07) is 5.34. The number of carbonyl (C=O) groups excluding carboxylic acids is 2. The summed E-state index contributed by atoms with van der Waals surface area (Å²) in [4.78, 5) is 23.0. The van der Waals surface area contributed by atoms with Gasteiger partial charge >= 0.3 is 5.97 Å². The zero-order valence-corrected chi connectivity index (χ0v) is 14.1. The van der Waals surface area contributed by atoms with E-state index >= 15 is 0 Å². The zero-order valence-electron chi connectivity index (χ0n) is 12.6. The fourth-order valence-electron chi connectivity index (χ4n) is 1.58. The average molecular weight is 343 g/mol. The van der Waals surface area contributed by atoms with Gasteiger partial charge in [-0.05, 0) is 43.3 Å². The van der Waals surface area contributed by atoms with Crippen molar-refractivity contribution in [2.45, 2.75) is 33.1 Å². The van der Waals surface area contributed by atoms with E-state index in [0.29, 0.717) is 11.6 Å². The molecule has 1 amide bonds. The number of nitrogens with one attached hydrogen (secondary N) is 2. The van der Waals surface area contributed by atoms with Gasteiger partial charge < -0.3 is 15.4 Å². The molecule has 1 aromatic rings. The molecular weight excluding hydrogens is 324 g/mol. The van der Waals surface area contributed by atoms with Crippen LogP contribution in [0.3, 0.4) is 0 Å². The minimum absolute atomic E-state index is 0.0267. The molecule has 0 bridgehead atoms. The molecular formula is C15H19ClN2O3S. The second-order valence-corrected chi connectivity index (χ2v) is 5.53. The Morgan fingerprint density at radius 3 is 2.73 bits per heavy atom. The van der Waals surface area contributed by atoms with Crippen molar-refractivity contribution in [3.8, 4) is 0 Å². The van der Waals surface area contributed by atoms with E-state index in [-0.39, 0.29) is 29.8 Å². The van der Waals surface area contributed by atoms with Crippen LogP contribution in [-0.2, 0) is 14.3 Å². The molecule has 0 aliphatic heterocycles. The van der Waals surface area contributed by atoms with Gasteiger partial charge in [0.2, 0.25) is 5.91 Å². The van der Waals surface area contributed by atoms with Crippen molar-refractivity contribution in [2.75, 3.05) is 11.9 Å². The second kappa shape index (κ2) is 9.38. The third-order valence-electron chi connectivity index (χ3n) is 2.72. The predicted octanol–water partition coefficient (Wildman–Crippen LogP) is 3.19. The van der Waals surface area contributed by atoms with Gasteiger partial charge in [0.15, 0.2) is 5.11 Å². The Balaban J connectivity index is 2.40. The molecule has 0 heterocycles. The lowest BCUT2D eigenvalue weighted by atomic mass is 10.2. The summed E-state index contributed by atoms with van der Waals surface area (Å²) in [5, 5.41) is 6.15. The fraction of sp³-hybridized carbons (Fsp3) is 0.400. The third-order valence-corrected chi connectivity index (χ3v) is 3.16. The SMILES string of the molecule is CCCOC(=O)CCC(=O)NC(=S)Nc1cc(Cl)ccc1C. The van der Waals surface area contributed by atoms with E-state index in [0.717, 1.165) is 17.7 Å². The Labute approximate surface area is 140 Å². The van der Waals surface area contributed by atoms with Crippen molar-refractivity contribution >= 4 is 46.5 Å². The first-order chi connectivity index (χ1) is 10.4. The van der Waals surface area contributed by atoms with Crippen LogP contribution in [-0.4, -0.2) is 23.6 Å². The number of aryl methyl sites for hydroxylation is 1. The lowest BCUT2D eigenvalue weighted by Gasteiger charge is -2.12. The number of hydrogen-bond donors (Lipinski definition) is 2. The average Bonchev–Trinajstić information content (AvgIpc) is 2.46. The molecule has 0 fully saturated rings. The standard InChI is InChI=1S/C15H19ClN2O3S/c1-3-8-21-14(20)7-6-13(19)18-15(22)17-12-9-11(16)5-4-10(12)2/h4-5,9H,3,6-8H2,1-2H3,(H2,17,18,19,22). The Hall–Kier alpha value is -1.66. The summed E-state index contributed by atoms with van der Waals surface area (Å²) < 4.78 is 4.89. The summed E-state index contributed by atoms with van der Waals surface area (Å²) in [5.41, 5.74) is 1.67. The molecule has 22 heavy (non-hydrogen) atoms. The quantitative estimate of drug-likeness (QED) is 0.614. The normalized spacial score (nSPS) is 9.95. The Morgan fingerprint density at radius 1 is 1.32 bits per heavy atom. The first-order valence-electron chi connectivity index (χ1n) is 6.95. The van der Waals surface area contributed by atoms with Gasteiger partial charge in [-0.15, -0.1) is 0 Å². The number of anilines is 1. The molecule has 0 aromatic heterocycles. The number of halogens is 1. The van der Waals surface area contributed by atoms with Crippen molar-refractivity contribution in [1.29, 1.82) is 0 Å². The van der Waals surface area contributed by atoms with E-state index in [1.165, 1.54) is 0 Å². The van der Waals surface area contributed by atoms with Crippen LogP contribution in [0.1, 0.15) is 31.7 Å². The summed E-state index contributed by atoms with van der Waals surface area (Å²) in [5.74, 6) is -0.729. The number of benzene rings is 1. The molecule has 7 heteroatoms. The summed E-state index contributed by atoms with van der Waals surface area (Å²) in [7, 11) is 0. The van der Waals surface area contributed by atoms with Crippen molar-refractivity contribution < 1.29 is 14.3 Å². The number of amides is 1. The molecule has 1 rings (SSSR count). The van der Waals surface area contributed by atoms with Crippen LogP contribution in [0.5, 0.6) is 0 Å². The highest BCUT2D eigenvalue weighted by Gasteiger charge is 2.10. The van der Waals surface area contributed by atoms with Gasteiger partial charge in [-0.25, -0.2) is 0 Å². The van der Waals surface area contributed by atoms with Gasteiger partial charge in [-0.1, -0.05) is 24.6 Å². The predicted molar refractivity (Wildman–Crippen MR) is 91.0 cm³/mol. The Morgan fingerprint density at radius 2 is 2.05 bits per heavy atom. The largest absolute Gasteiger partial charge is 0.466 e. The highest BCUT2D eigenvalue weighted by molar-refractivity contribution is 7.80. The third kappa shape index (κ3) is 6.87. The summed E-state index contributed by atoms with van der Waals surface area (Å²) in [6.07, 6.45) is 0.814. The van der Waals surface area contributed by atoms with E-state index in [4.69, 9.17) is 28.6 Å². The van der Waals surface area contributed by atoms with Gasteiger partial charge in [0.25, 0.3) is 0 Å². The number of rotatable bonds is 6. The van der Waals surface area contributed by atoms with Crippen molar-refractivity contribution in [1.82, 2.24) is 5.32 Å². The number of esters is 1. The van der Waals surface area contributed by atoms with Crippen LogP contribution in [0.15, 0.2) is 18.2 Å². The van der Waals surface area contributed by atoms with Crippen LogP contribution >= 0.6 is 23.8 Å². The van der Waals surface area contributed by atoms with Gasteiger partial charge in [0, 0.05) is 17.1 Å². The molecule has 0 saturated carbocycles. The molecule has 0 atom stereocenters. The summed E-state index contributed by atoms with van der Waals surface area (Å²) in [6.45, 7) is 4.17. The first kappa shape index (κ1) is 18.4. The topological polar surface area (TPSA) is 67.4 Å². The maximum absolute atomic E-state index is 11.7. The lowest BCUT2D eigenvalue weighted by molar-refractivity contribution is -0.144. The van der Waals surface area contributed by atoms with Gasteiger partial charge in [0.05, 0.1) is 13.0 Å². The van der Waals surface area contributed by atoms with E-state index in [1.807, 2.05) is 19.9 Å². The molecule has 5 nitrogen and oxygen atoms in total. The monoisotopic (exact) mass is 342 g/mol. The zero-order chi connectivity index (χ0) is 16.5. The molecule has 120 valence electrons. The summed E-state index contributed by atoms with van der Waals surface area (Å²) >= 11 is 11.0. The second-order valence-electron chi connectivity index (χ2n) is 4.68. The number of ether oxygens (including phenoxy) is 1. The van der Waals surface area contributed by atoms with Crippen LogP contribution in [0.4, 0.5) is 5.69 Å². The minimum Gasteiger partial charge on any atom is -0.466 e. The Bertz CT molecular complexity index is 564. The van der Waals surface area contributed by atoms with Gasteiger partial charge in [-0.3, -0.25) is 9.59 Å². The van der Waals surface area contributed by atoms with Crippen LogP contribution in [0.25, 0.3) is 0 Å². The number of hydrogen-bond acceptors (Lipinski definition) is 4. The van der Waals surface area contributed by atoms with Gasteiger partial charge in [-0.2, -0.15) is 0 Å². The maximum atomic E-state index is 11.7. The molecule has 0 radical (unpaired) electrons. The molecule has 0 aliphatic carbocycles. The Kier molecular flexibility index (Phi) is 7.84. The molecule has 0 aliphatic rings. The highest BCUT2D eigenvalue weighted by Crippen LogP contribution is 2.19. The molecule has 0 spiro atoms. The lowest BCUT2D eigenvalue weighted by Crippen LogP contribution is -2.34. The van der Waals surface area contributed by atoms with Gasteiger partial charge in [0.1, 0.15) is 0 Å². The maximum Gasteiger partial charge on any atom is 0.306 e. The van der Waals surface area contributed by atoms with Crippen LogP contribution < -0.4 is 10.6 Å². The molecule has 0 unspecified atom stereocenters. The fourth-order valence-corrected chi connectivity index (χ4v) is 1.97. The molecule has 2 N–H and O–H groups in total. The van der Waals surface area contributed by atoms with Crippen molar-refractivity contribution in [3.63, 3.8) is 0 Å². The molecule has 0 saturated heterocycles. The van der Waals surface area contributed by atoms with E-state index in [2.05, 4.69) is 10.6 Å². The van der Waals surface area contributed by atoms with E-state index < -0.39 is 0 Å².